The van der Waals surface area contributed by atoms with Crippen LogP contribution < -0.4 is 10.4 Å². The second kappa shape index (κ2) is 8.84. The molecule has 0 aliphatic carbocycles. The molecule has 0 spiro atoms. The highest BCUT2D eigenvalue weighted by molar-refractivity contribution is 5.89. The molecule has 0 saturated heterocycles. The quantitative estimate of drug-likeness (QED) is 0.224. The van der Waals surface area contributed by atoms with E-state index in [-0.39, 0.29) is 21.7 Å². The first kappa shape index (κ1) is 28.2. The van der Waals surface area contributed by atoms with Crippen molar-refractivity contribution in [2.75, 3.05) is 0 Å². The summed E-state index contributed by atoms with van der Waals surface area (Å²) in [6, 6.07) is 18.8. The Morgan fingerprint density at radius 2 is 0.737 bits per heavy atom. The highest BCUT2D eigenvalue weighted by atomic mass is 14.3. The smallest absolute Gasteiger partial charge is 0.00237 e. The third kappa shape index (κ3) is 4.95. The summed E-state index contributed by atoms with van der Waals surface area (Å²) in [5.74, 6) is 0. The monoisotopic (exact) mass is 504 g/mol. The largest absolute Gasteiger partial charge is 0.0908 e. The normalized spacial score (nSPS) is 14.4. The molecule has 0 bridgehead atoms. The van der Waals surface area contributed by atoms with Crippen molar-refractivity contribution >= 4 is 34.7 Å². The fourth-order valence-corrected chi connectivity index (χ4v) is 5.74. The van der Waals surface area contributed by atoms with Gasteiger partial charge in [0, 0.05) is 0 Å². The van der Waals surface area contributed by atoms with Crippen molar-refractivity contribution in [3.8, 4) is 0 Å². The van der Waals surface area contributed by atoms with Gasteiger partial charge in [-0.3, -0.25) is 0 Å². The van der Waals surface area contributed by atoms with Crippen LogP contribution in [0.2, 0.25) is 0 Å². The Labute approximate surface area is 230 Å². The molecular formula is C38H48. The fourth-order valence-electron chi connectivity index (χ4n) is 5.74. The number of hydrogen-bond donors (Lipinski definition) is 0. The lowest BCUT2D eigenvalue weighted by Gasteiger charge is -2.25. The molecule has 38 heavy (non-hydrogen) atoms. The summed E-state index contributed by atoms with van der Waals surface area (Å²) in [5.41, 5.74) is 5.40. The summed E-state index contributed by atoms with van der Waals surface area (Å²) in [7, 11) is 0. The molecular weight excluding hydrogens is 456 g/mol. The SMILES string of the molecule is C=c1c(C(C)(C)C)cc2cc(C(C)(C)C)ccc2c1=c1c(=C)c(C(C)(C)C)cc2cc(C(C)(C)C)ccc12. The highest BCUT2D eigenvalue weighted by Gasteiger charge is 2.22. The zero-order chi connectivity index (χ0) is 28.6. The summed E-state index contributed by atoms with van der Waals surface area (Å²) >= 11 is 0. The Kier molecular flexibility index (Phi) is 6.55. The number of fused-ring (bicyclic) bond motifs is 2. The average Bonchev–Trinajstić information content (AvgIpc) is 2.75. The minimum atomic E-state index is -0.0318. The second-order valence-corrected chi connectivity index (χ2v) is 15.4. The minimum Gasteiger partial charge on any atom is -0.0908 e. The van der Waals surface area contributed by atoms with Crippen LogP contribution in [0.25, 0.3) is 34.7 Å². The van der Waals surface area contributed by atoms with E-state index in [1.807, 2.05) is 0 Å². The van der Waals surface area contributed by atoms with E-state index in [0.29, 0.717) is 0 Å². The summed E-state index contributed by atoms with van der Waals surface area (Å²) in [6.45, 7) is 37.0. The Hall–Kier alpha value is -2.86. The third-order valence-corrected chi connectivity index (χ3v) is 8.09. The van der Waals surface area contributed by atoms with Crippen molar-refractivity contribution in [1.29, 1.82) is 0 Å². The van der Waals surface area contributed by atoms with E-state index in [9.17, 15) is 0 Å². The van der Waals surface area contributed by atoms with Crippen molar-refractivity contribution in [2.24, 2.45) is 0 Å². The van der Waals surface area contributed by atoms with Gasteiger partial charge in [-0.2, -0.15) is 0 Å². The predicted octanol–water partition coefficient (Wildman–Crippen LogP) is 9.29. The maximum absolute atomic E-state index is 4.75. The molecule has 0 nitrogen and oxygen atoms in total. The van der Waals surface area contributed by atoms with Gasteiger partial charge in [-0.05, 0) is 98.5 Å². The van der Waals surface area contributed by atoms with E-state index < -0.39 is 0 Å². The van der Waals surface area contributed by atoms with Crippen molar-refractivity contribution < 1.29 is 0 Å². The van der Waals surface area contributed by atoms with Crippen LogP contribution >= 0.6 is 0 Å². The predicted molar refractivity (Wildman–Crippen MR) is 171 cm³/mol. The molecule has 0 radical (unpaired) electrons. The molecule has 0 aromatic heterocycles. The lowest BCUT2D eigenvalue weighted by Crippen LogP contribution is -2.26. The standard InChI is InChI=1S/C38H48/c1-23-31(37(9,10)11)21-25-19-27(35(3,4)5)15-17-29(25)33(23)34-24(2)32(38(12,13)14)22-26-20-28(36(6,7)8)16-18-30(26)34/h15-22H,1-2H2,3-14H3. The van der Waals surface area contributed by atoms with E-state index in [4.69, 9.17) is 13.2 Å². The van der Waals surface area contributed by atoms with Gasteiger partial charge in [0.1, 0.15) is 0 Å². The average molecular weight is 505 g/mol. The Morgan fingerprint density at radius 1 is 0.421 bits per heavy atom. The summed E-state index contributed by atoms with van der Waals surface area (Å²) in [4.78, 5) is 0. The van der Waals surface area contributed by atoms with Gasteiger partial charge in [0.2, 0.25) is 0 Å². The van der Waals surface area contributed by atoms with Crippen molar-refractivity contribution in [3.63, 3.8) is 0 Å². The van der Waals surface area contributed by atoms with E-state index in [0.717, 1.165) is 10.4 Å². The zero-order valence-corrected chi connectivity index (χ0v) is 26.0. The van der Waals surface area contributed by atoms with Crippen molar-refractivity contribution in [3.05, 3.63) is 91.7 Å². The summed E-state index contributed by atoms with van der Waals surface area (Å²) in [5, 5.41) is 9.78. The molecule has 0 heterocycles. The van der Waals surface area contributed by atoms with Gasteiger partial charge in [-0.25, -0.2) is 0 Å². The highest BCUT2D eigenvalue weighted by Crippen LogP contribution is 2.32. The lowest BCUT2D eigenvalue weighted by atomic mass is 9.79. The number of benzene rings is 4. The third-order valence-electron chi connectivity index (χ3n) is 8.09. The first-order valence-corrected chi connectivity index (χ1v) is 14.1. The molecule has 0 amide bonds. The van der Waals surface area contributed by atoms with Gasteiger partial charge < -0.3 is 0 Å². The molecule has 0 saturated carbocycles. The summed E-state index contributed by atoms with van der Waals surface area (Å²) in [6.07, 6.45) is 0. The molecule has 0 fully saturated rings. The van der Waals surface area contributed by atoms with Gasteiger partial charge in [-0.15, -0.1) is 0 Å². The molecule has 0 heteroatoms. The Bertz CT molecular complexity index is 1620. The fraction of sp³-hybridized carbons (Fsp3) is 0.421. The first-order chi connectivity index (χ1) is 17.2. The summed E-state index contributed by atoms with van der Waals surface area (Å²) < 4.78 is 0. The van der Waals surface area contributed by atoms with Crippen LogP contribution in [0.3, 0.4) is 0 Å². The molecule has 0 aliphatic heterocycles. The molecule has 0 aliphatic rings. The van der Waals surface area contributed by atoms with E-state index in [2.05, 4.69) is 132 Å². The van der Waals surface area contributed by atoms with E-state index in [1.165, 1.54) is 54.2 Å². The van der Waals surface area contributed by atoms with Crippen molar-refractivity contribution in [1.82, 2.24) is 0 Å². The second-order valence-electron chi connectivity index (χ2n) is 15.4. The number of hydrogen-bond acceptors (Lipinski definition) is 0. The molecule has 0 atom stereocenters. The molecule has 200 valence electrons. The van der Waals surface area contributed by atoms with E-state index in [1.54, 1.807) is 0 Å². The van der Waals surface area contributed by atoms with Gasteiger partial charge in [0.05, 0.1) is 0 Å². The number of rotatable bonds is 0. The molecule has 0 N–H and O–H groups in total. The van der Waals surface area contributed by atoms with Crippen LogP contribution in [0, 0.1) is 10.4 Å². The minimum absolute atomic E-state index is 0.0318. The van der Waals surface area contributed by atoms with E-state index >= 15 is 0 Å². The molecule has 4 rings (SSSR count). The zero-order valence-electron chi connectivity index (χ0n) is 26.0. The van der Waals surface area contributed by atoms with Gasteiger partial charge in [0.25, 0.3) is 0 Å². The van der Waals surface area contributed by atoms with Crippen LogP contribution in [-0.2, 0) is 21.7 Å². The van der Waals surface area contributed by atoms with Gasteiger partial charge >= 0.3 is 0 Å². The van der Waals surface area contributed by atoms with Crippen LogP contribution in [0.15, 0.2) is 48.5 Å². The van der Waals surface area contributed by atoms with Crippen molar-refractivity contribution in [2.45, 2.75) is 105 Å². The Balaban J connectivity index is 2.44. The van der Waals surface area contributed by atoms with Crippen LogP contribution in [-0.4, -0.2) is 0 Å². The maximum atomic E-state index is 4.75. The Morgan fingerprint density at radius 3 is 1.00 bits per heavy atom. The molecule has 4 aromatic rings. The van der Waals surface area contributed by atoms with Crippen LogP contribution in [0.5, 0.6) is 0 Å². The van der Waals surface area contributed by atoms with Crippen LogP contribution in [0.1, 0.15) is 105 Å². The maximum Gasteiger partial charge on any atom is -0.00237 e. The van der Waals surface area contributed by atoms with Gasteiger partial charge in [0.15, 0.2) is 0 Å². The molecule has 4 aromatic carbocycles. The topological polar surface area (TPSA) is 0 Å². The van der Waals surface area contributed by atoms with Gasteiger partial charge in [-0.1, -0.05) is 133 Å². The molecule has 0 unspecified atom stereocenters. The first-order valence-electron chi connectivity index (χ1n) is 14.1. The van der Waals surface area contributed by atoms with Crippen LogP contribution in [0.4, 0.5) is 0 Å². The lowest BCUT2D eigenvalue weighted by molar-refractivity contribution is 0.584.